The van der Waals surface area contributed by atoms with Gasteiger partial charge in [0.1, 0.15) is 6.04 Å². The lowest BCUT2D eigenvalue weighted by Gasteiger charge is -2.31. The molecular formula is C34H43N3O4S. The largest absolute Gasteiger partial charge is 0.354 e. The normalized spacial score (nSPS) is 14.4. The highest BCUT2D eigenvalue weighted by atomic mass is 32.2. The third-order valence-electron chi connectivity index (χ3n) is 7.80. The van der Waals surface area contributed by atoms with Gasteiger partial charge in [0.15, 0.2) is 0 Å². The molecule has 1 atom stereocenters. The summed E-state index contributed by atoms with van der Waals surface area (Å²) in [6, 6.07) is 25.8. The number of rotatable bonds is 15. The summed E-state index contributed by atoms with van der Waals surface area (Å²) >= 11 is 0. The zero-order valence-electron chi connectivity index (χ0n) is 24.6. The number of benzene rings is 3. The molecule has 1 fully saturated rings. The van der Waals surface area contributed by atoms with Crippen molar-refractivity contribution in [2.45, 2.75) is 75.8 Å². The predicted molar refractivity (Wildman–Crippen MR) is 166 cm³/mol. The topological polar surface area (TPSA) is 86.8 Å². The summed E-state index contributed by atoms with van der Waals surface area (Å²) in [6.45, 7) is 4.16. The molecule has 0 bridgehead atoms. The molecule has 224 valence electrons. The fourth-order valence-electron chi connectivity index (χ4n) is 5.34. The Kier molecular flexibility index (Phi) is 11.7. The minimum Gasteiger partial charge on any atom is -0.354 e. The van der Waals surface area contributed by atoms with Gasteiger partial charge in [-0.2, -0.15) is 4.31 Å². The smallest absolute Gasteiger partial charge is 0.243 e. The van der Waals surface area contributed by atoms with Gasteiger partial charge in [0.25, 0.3) is 0 Å². The van der Waals surface area contributed by atoms with Gasteiger partial charge in [0.05, 0.1) is 4.90 Å². The number of carbonyl (C=O) groups is 2. The third-order valence-corrected chi connectivity index (χ3v) is 9.71. The average molecular weight is 590 g/mol. The minimum atomic E-state index is -3.48. The molecule has 3 aromatic carbocycles. The van der Waals surface area contributed by atoms with E-state index >= 15 is 0 Å². The number of hydrogen-bond acceptors (Lipinski definition) is 4. The number of unbranched alkanes of at least 4 members (excludes halogenated alkanes) is 2. The van der Waals surface area contributed by atoms with Gasteiger partial charge in [0.2, 0.25) is 21.8 Å². The molecule has 0 unspecified atom stereocenters. The minimum absolute atomic E-state index is 0.114. The average Bonchev–Trinajstić information content (AvgIpc) is 3.57. The van der Waals surface area contributed by atoms with E-state index in [1.165, 1.54) is 4.31 Å². The molecule has 0 aliphatic carbocycles. The Labute approximate surface area is 251 Å². The summed E-state index contributed by atoms with van der Waals surface area (Å²) in [5, 5.41) is 3.08. The zero-order chi connectivity index (χ0) is 29.8. The molecule has 42 heavy (non-hydrogen) atoms. The monoisotopic (exact) mass is 589 g/mol. The maximum absolute atomic E-state index is 13.9. The predicted octanol–water partition coefficient (Wildman–Crippen LogP) is 5.35. The van der Waals surface area contributed by atoms with E-state index in [4.69, 9.17) is 0 Å². The Morgan fingerprint density at radius 1 is 0.833 bits per heavy atom. The van der Waals surface area contributed by atoms with Crippen LogP contribution in [0, 0.1) is 0 Å². The summed E-state index contributed by atoms with van der Waals surface area (Å²) in [5.74, 6) is -0.257. The lowest BCUT2D eigenvalue weighted by molar-refractivity contribution is -0.141. The SMILES string of the molecule is CCCCCNC(=O)[C@@H](Cc1ccccc1)N(Cc1ccccc1)C(=O)CCc1ccc(S(=O)(=O)N2CCCC2)cc1. The van der Waals surface area contributed by atoms with Crippen molar-refractivity contribution in [2.24, 2.45) is 0 Å². The van der Waals surface area contributed by atoms with E-state index in [2.05, 4.69) is 12.2 Å². The van der Waals surface area contributed by atoms with Crippen LogP contribution in [0.15, 0.2) is 89.8 Å². The Hall–Kier alpha value is -3.49. The van der Waals surface area contributed by atoms with Crippen LogP contribution < -0.4 is 5.32 Å². The lowest BCUT2D eigenvalue weighted by atomic mass is 10.0. The molecular weight excluding hydrogens is 546 g/mol. The van der Waals surface area contributed by atoms with E-state index in [9.17, 15) is 18.0 Å². The van der Waals surface area contributed by atoms with Crippen molar-refractivity contribution < 1.29 is 18.0 Å². The van der Waals surface area contributed by atoms with Crippen molar-refractivity contribution in [3.8, 4) is 0 Å². The highest BCUT2D eigenvalue weighted by molar-refractivity contribution is 7.89. The summed E-state index contributed by atoms with van der Waals surface area (Å²) in [4.78, 5) is 29.5. The summed E-state index contributed by atoms with van der Waals surface area (Å²) < 4.78 is 27.3. The third kappa shape index (κ3) is 8.76. The number of carbonyl (C=O) groups excluding carboxylic acids is 2. The van der Waals surface area contributed by atoms with Gasteiger partial charge >= 0.3 is 0 Å². The molecule has 7 nitrogen and oxygen atoms in total. The van der Waals surface area contributed by atoms with E-state index in [1.807, 2.05) is 60.7 Å². The molecule has 0 spiro atoms. The summed E-state index contributed by atoms with van der Waals surface area (Å²) in [7, 11) is -3.48. The van der Waals surface area contributed by atoms with Crippen LogP contribution >= 0.6 is 0 Å². The van der Waals surface area contributed by atoms with Crippen molar-refractivity contribution in [1.29, 1.82) is 0 Å². The quantitative estimate of drug-likeness (QED) is 0.242. The maximum atomic E-state index is 13.9. The van der Waals surface area contributed by atoms with Crippen molar-refractivity contribution in [3.63, 3.8) is 0 Å². The van der Waals surface area contributed by atoms with Crippen molar-refractivity contribution >= 4 is 21.8 Å². The van der Waals surface area contributed by atoms with Gasteiger partial charge in [-0.25, -0.2) is 8.42 Å². The van der Waals surface area contributed by atoms with E-state index in [0.717, 1.165) is 48.8 Å². The maximum Gasteiger partial charge on any atom is 0.243 e. The van der Waals surface area contributed by atoms with Gasteiger partial charge in [-0.15, -0.1) is 0 Å². The van der Waals surface area contributed by atoms with Crippen LogP contribution in [0.2, 0.25) is 0 Å². The van der Waals surface area contributed by atoms with E-state index in [1.54, 1.807) is 29.2 Å². The second-order valence-corrected chi connectivity index (χ2v) is 12.9. The van der Waals surface area contributed by atoms with E-state index in [-0.39, 0.29) is 23.1 Å². The van der Waals surface area contributed by atoms with Crippen molar-refractivity contribution in [3.05, 3.63) is 102 Å². The Balaban J connectivity index is 1.51. The van der Waals surface area contributed by atoms with Crippen molar-refractivity contribution in [1.82, 2.24) is 14.5 Å². The first kappa shape index (κ1) is 31.4. The number of nitrogens with zero attached hydrogens (tertiary/aromatic N) is 2. The molecule has 8 heteroatoms. The summed E-state index contributed by atoms with van der Waals surface area (Å²) in [5.41, 5.74) is 2.83. The van der Waals surface area contributed by atoms with Crippen LogP contribution in [0.25, 0.3) is 0 Å². The first-order chi connectivity index (χ1) is 20.4. The van der Waals surface area contributed by atoms with Gasteiger partial charge in [-0.3, -0.25) is 9.59 Å². The van der Waals surface area contributed by atoms with Crippen molar-refractivity contribution in [2.75, 3.05) is 19.6 Å². The molecule has 1 N–H and O–H groups in total. The molecule has 0 radical (unpaired) electrons. The van der Waals surface area contributed by atoms with Crippen LogP contribution in [0.4, 0.5) is 0 Å². The van der Waals surface area contributed by atoms with Crippen LogP contribution in [0.5, 0.6) is 0 Å². The zero-order valence-corrected chi connectivity index (χ0v) is 25.4. The van der Waals surface area contributed by atoms with Crippen LogP contribution in [-0.4, -0.2) is 55.1 Å². The highest BCUT2D eigenvalue weighted by Gasteiger charge is 2.30. The second-order valence-electron chi connectivity index (χ2n) is 11.0. The molecule has 2 amide bonds. The van der Waals surface area contributed by atoms with Gasteiger partial charge < -0.3 is 10.2 Å². The Bertz CT molecular complexity index is 1370. The molecule has 0 saturated carbocycles. The van der Waals surface area contributed by atoms with Gasteiger partial charge in [-0.05, 0) is 54.5 Å². The summed E-state index contributed by atoms with van der Waals surface area (Å²) in [6.07, 6.45) is 5.85. The standard InChI is InChI=1S/C34H43N3O4S/c1-2-3-10-23-35-34(39)32(26-29-13-6-4-7-14-29)37(27-30-15-8-5-9-16-30)33(38)22-19-28-17-20-31(21-18-28)42(40,41)36-24-11-12-25-36/h4-9,13-18,20-21,32H,2-3,10-12,19,22-27H2,1H3,(H,35,39)/t32-/m1/s1. The Morgan fingerprint density at radius 3 is 2.07 bits per heavy atom. The van der Waals surface area contributed by atoms with E-state index < -0.39 is 16.1 Å². The van der Waals surface area contributed by atoms with Gasteiger partial charge in [0, 0.05) is 39.0 Å². The molecule has 4 rings (SSSR count). The first-order valence-corrected chi connectivity index (χ1v) is 16.6. The molecule has 1 saturated heterocycles. The van der Waals surface area contributed by atoms with Crippen LogP contribution in [0.3, 0.4) is 0 Å². The number of nitrogens with one attached hydrogen (secondary N) is 1. The first-order valence-electron chi connectivity index (χ1n) is 15.1. The number of aryl methyl sites for hydroxylation is 1. The Morgan fingerprint density at radius 2 is 1.45 bits per heavy atom. The number of hydrogen-bond donors (Lipinski definition) is 1. The molecule has 0 aromatic heterocycles. The molecule has 3 aromatic rings. The fourth-order valence-corrected chi connectivity index (χ4v) is 6.86. The van der Waals surface area contributed by atoms with Gasteiger partial charge in [-0.1, -0.05) is 92.6 Å². The molecule has 1 aliphatic heterocycles. The van der Waals surface area contributed by atoms with Crippen LogP contribution in [-0.2, 0) is 39.0 Å². The lowest BCUT2D eigenvalue weighted by Crippen LogP contribution is -2.50. The molecule has 1 heterocycles. The molecule has 1 aliphatic rings. The number of sulfonamides is 1. The second kappa shape index (κ2) is 15.7. The number of amides is 2. The van der Waals surface area contributed by atoms with Crippen LogP contribution in [0.1, 0.15) is 62.1 Å². The van der Waals surface area contributed by atoms with E-state index in [0.29, 0.717) is 39.0 Å². The fraction of sp³-hybridized carbons (Fsp3) is 0.412. The highest BCUT2D eigenvalue weighted by Crippen LogP contribution is 2.22.